The lowest BCUT2D eigenvalue weighted by Crippen LogP contribution is -2.64. The van der Waals surface area contributed by atoms with Gasteiger partial charge in [-0.1, -0.05) is 63.2 Å². The second-order valence-electron chi connectivity index (χ2n) is 10.3. The van der Waals surface area contributed by atoms with Gasteiger partial charge in [-0.3, -0.25) is 14.4 Å². The highest BCUT2D eigenvalue weighted by Crippen LogP contribution is 2.15. The van der Waals surface area contributed by atoms with E-state index in [2.05, 4.69) is 26.4 Å². The summed E-state index contributed by atoms with van der Waals surface area (Å²) >= 11 is 0. The largest absolute Gasteiger partial charge is 0.345 e. The minimum atomic E-state index is -1.16. The van der Waals surface area contributed by atoms with E-state index in [0.717, 1.165) is 16.8 Å². The van der Waals surface area contributed by atoms with Crippen LogP contribution in [0.15, 0.2) is 73.1 Å². The topological polar surface area (TPSA) is 134 Å². The number of rotatable bonds is 13. The molecular formula is C29H38N6O4Si. The SMILES string of the molecule is CCC(NC(=O)[C@@]([SiH3])(CC(C)C)NC(=O)NCc1ccccc1)C(=O)C(=O)NCc1ccc(-n2cccn2)cc1. The second kappa shape index (κ2) is 14.2. The van der Waals surface area contributed by atoms with Gasteiger partial charge in [0.25, 0.3) is 5.91 Å². The van der Waals surface area contributed by atoms with Crippen molar-refractivity contribution in [3.05, 3.63) is 84.2 Å². The third kappa shape index (κ3) is 8.63. The van der Waals surface area contributed by atoms with Gasteiger partial charge in [0.2, 0.25) is 11.7 Å². The Morgan fingerprint density at radius 2 is 1.57 bits per heavy atom. The van der Waals surface area contributed by atoms with Crippen molar-refractivity contribution in [2.75, 3.05) is 0 Å². The molecule has 40 heavy (non-hydrogen) atoms. The van der Waals surface area contributed by atoms with Crippen molar-refractivity contribution >= 4 is 33.9 Å². The first-order valence-corrected chi connectivity index (χ1v) is 14.4. The molecule has 4 N–H and O–H groups in total. The molecule has 1 aromatic heterocycles. The average molecular weight is 563 g/mol. The van der Waals surface area contributed by atoms with Crippen LogP contribution >= 0.6 is 0 Å². The van der Waals surface area contributed by atoms with Crippen molar-refractivity contribution in [2.24, 2.45) is 5.92 Å². The standard InChI is InChI=1S/C29H38N6O4Si/c1-4-24(25(36)26(37)30-18-22-11-13-23(14-12-22)35-16-8-15-32-35)33-27(38)29(40,17-20(2)3)34-28(39)31-19-21-9-6-5-7-10-21/h5-16,20,24H,4,17-19H2,1-3,40H3,(H,30,37)(H,33,38)(H2,31,34,39)/t24?,29-/m0/s1. The second-order valence-corrected chi connectivity index (χ2v) is 12.0. The van der Waals surface area contributed by atoms with Crippen LogP contribution in [0.2, 0.25) is 0 Å². The minimum Gasteiger partial charge on any atom is -0.345 e. The van der Waals surface area contributed by atoms with Crippen LogP contribution in [0.25, 0.3) is 5.69 Å². The Labute approximate surface area is 237 Å². The number of benzene rings is 2. The van der Waals surface area contributed by atoms with Gasteiger partial charge in [0.1, 0.15) is 0 Å². The molecule has 11 heteroatoms. The number of hydrogen-bond donors (Lipinski definition) is 4. The highest BCUT2D eigenvalue weighted by atomic mass is 28.1. The molecule has 1 heterocycles. The van der Waals surface area contributed by atoms with Crippen LogP contribution in [0, 0.1) is 5.92 Å². The number of carbonyl (C=O) groups is 4. The highest BCUT2D eigenvalue weighted by molar-refractivity contribution is 6.39. The van der Waals surface area contributed by atoms with Gasteiger partial charge in [-0.05, 0) is 48.1 Å². The van der Waals surface area contributed by atoms with Gasteiger partial charge in [0, 0.05) is 35.7 Å². The van der Waals surface area contributed by atoms with Crippen molar-refractivity contribution in [1.29, 1.82) is 0 Å². The molecule has 0 aliphatic rings. The first kappa shape index (κ1) is 30.3. The summed E-state index contributed by atoms with van der Waals surface area (Å²) in [7, 11) is 0.300. The van der Waals surface area contributed by atoms with E-state index in [1.165, 1.54) is 0 Å². The van der Waals surface area contributed by atoms with Crippen molar-refractivity contribution in [3.63, 3.8) is 0 Å². The zero-order valence-electron chi connectivity index (χ0n) is 23.4. The average Bonchev–Trinajstić information content (AvgIpc) is 3.48. The van der Waals surface area contributed by atoms with Crippen LogP contribution < -0.4 is 21.3 Å². The van der Waals surface area contributed by atoms with Crippen LogP contribution in [0.4, 0.5) is 4.79 Å². The molecule has 4 amide bonds. The smallest absolute Gasteiger partial charge is 0.315 e. The Kier molecular flexibility index (Phi) is 10.8. The number of ketones is 1. The number of amides is 4. The maximum absolute atomic E-state index is 13.4. The number of Topliss-reactive ketones (excluding diaryl/α,β-unsaturated/α-hetero) is 1. The van der Waals surface area contributed by atoms with E-state index in [9.17, 15) is 19.2 Å². The summed E-state index contributed by atoms with van der Waals surface area (Å²) in [5.41, 5.74) is 2.62. The van der Waals surface area contributed by atoms with Gasteiger partial charge in [-0.2, -0.15) is 5.10 Å². The number of urea groups is 1. The van der Waals surface area contributed by atoms with Crippen molar-refractivity contribution < 1.29 is 19.2 Å². The third-order valence-electron chi connectivity index (χ3n) is 6.42. The number of carbonyl (C=O) groups excluding carboxylic acids is 4. The molecule has 212 valence electrons. The summed E-state index contributed by atoms with van der Waals surface area (Å²) in [6, 6.07) is 17.2. The van der Waals surface area contributed by atoms with Gasteiger partial charge in [0.15, 0.2) is 0 Å². The number of hydrogen-bond acceptors (Lipinski definition) is 5. The van der Waals surface area contributed by atoms with Gasteiger partial charge < -0.3 is 21.3 Å². The molecule has 0 radical (unpaired) electrons. The zero-order chi connectivity index (χ0) is 29.1. The number of nitrogens with one attached hydrogen (secondary N) is 4. The van der Waals surface area contributed by atoms with Gasteiger partial charge in [-0.25, -0.2) is 9.48 Å². The summed E-state index contributed by atoms with van der Waals surface area (Å²) in [5, 5.41) is 14.0. The fourth-order valence-corrected chi connectivity index (χ4v) is 5.56. The fourth-order valence-electron chi connectivity index (χ4n) is 4.38. The van der Waals surface area contributed by atoms with Gasteiger partial charge in [-0.15, -0.1) is 0 Å². The molecule has 3 aromatic rings. The zero-order valence-corrected chi connectivity index (χ0v) is 25.4. The molecule has 10 nitrogen and oxygen atoms in total. The van der Waals surface area contributed by atoms with Crippen LogP contribution in [-0.4, -0.2) is 54.9 Å². The van der Waals surface area contributed by atoms with Crippen LogP contribution in [0.3, 0.4) is 0 Å². The molecule has 2 atom stereocenters. The van der Waals surface area contributed by atoms with E-state index in [1.54, 1.807) is 17.8 Å². The summed E-state index contributed by atoms with van der Waals surface area (Å²) in [6.45, 7) is 6.12. The molecular weight excluding hydrogens is 524 g/mol. The summed E-state index contributed by atoms with van der Waals surface area (Å²) in [4.78, 5) is 51.7. The Hall–Kier alpha value is -4.25. The lowest BCUT2D eigenvalue weighted by Gasteiger charge is -2.33. The molecule has 0 fully saturated rings. The lowest BCUT2D eigenvalue weighted by atomic mass is 10.0. The minimum absolute atomic E-state index is 0.108. The summed E-state index contributed by atoms with van der Waals surface area (Å²) in [6.07, 6.45) is 4.15. The molecule has 3 rings (SSSR count). The van der Waals surface area contributed by atoms with Gasteiger partial charge >= 0.3 is 6.03 Å². The van der Waals surface area contributed by atoms with Crippen LogP contribution in [0.1, 0.15) is 44.7 Å². The molecule has 1 unspecified atom stereocenters. The summed E-state index contributed by atoms with van der Waals surface area (Å²) in [5.74, 6) is -1.87. The van der Waals surface area contributed by atoms with Crippen molar-refractivity contribution in [3.8, 4) is 5.69 Å². The number of aromatic nitrogens is 2. The highest BCUT2D eigenvalue weighted by Gasteiger charge is 2.38. The molecule has 0 saturated carbocycles. The first-order valence-electron chi connectivity index (χ1n) is 13.4. The monoisotopic (exact) mass is 562 g/mol. The van der Waals surface area contributed by atoms with E-state index < -0.39 is 34.8 Å². The predicted octanol–water partition coefficient (Wildman–Crippen LogP) is 1.56. The van der Waals surface area contributed by atoms with Gasteiger partial charge in [0.05, 0.1) is 16.9 Å². The Balaban J connectivity index is 1.57. The number of nitrogens with zero attached hydrogens (tertiary/aromatic N) is 2. The predicted molar refractivity (Wildman–Crippen MR) is 157 cm³/mol. The third-order valence-corrected chi connectivity index (χ3v) is 7.53. The quantitative estimate of drug-likeness (QED) is 0.185. The van der Waals surface area contributed by atoms with E-state index in [0.29, 0.717) is 23.2 Å². The van der Waals surface area contributed by atoms with E-state index in [1.807, 2.05) is 80.7 Å². The molecule has 0 saturated heterocycles. The Bertz CT molecular complexity index is 1280. The molecule has 0 aliphatic heterocycles. The first-order chi connectivity index (χ1) is 19.1. The van der Waals surface area contributed by atoms with Crippen molar-refractivity contribution in [1.82, 2.24) is 31.0 Å². The molecule has 0 bridgehead atoms. The van der Waals surface area contributed by atoms with Crippen LogP contribution in [-0.2, 0) is 27.5 Å². The van der Waals surface area contributed by atoms with E-state index >= 15 is 0 Å². The van der Waals surface area contributed by atoms with Crippen LogP contribution in [0.5, 0.6) is 0 Å². The molecule has 0 spiro atoms. The molecule has 0 aliphatic carbocycles. The normalized spacial score (nSPS) is 13.2. The Morgan fingerprint density at radius 3 is 2.17 bits per heavy atom. The van der Waals surface area contributed by atoms with E-state index in [4.69, 9.17) is 0 Å². The van der Waals surface area contributed by atoms with E-state index in [-0.39, 0.29) is 18.9 Å². The Morgan fingerprint density at radius 1 is 0.925 bits per heavy atom. The maximum atomic E-state index is 13.4. The summed E-state index contributed by atoms with van der Waals surface area (Å²) < 4.78 is 1.72. The van der Waals surface area contributed by atoms with Crippen molar-refractivity contribution in [2.45, 2.75) is 57.9 Å². The fraction of sp³-hybridized carbons (Fsp3) is 0.345. The maximum Gasteiger partial charge on any atom is 0.315 e. The molecule has 2 aromatic carbocycles. The lowest BCUT2D eigenvalue weighted by molar-refractivity contribution is -0.140.